The Bertz CT molecular complexity index is 494. The molecule has 0 amide bonds. The largest absolute Gasteiger partial charge is 0.454 e. The minimum absolute atomic E-state index is 0.195. The highest BCUT2D eigenvalue weighted by molar-refractivity contribution is 7.86. The van der Waals surface area contributed by atoms with Gasteiger partial charge in [0.25, 0.3) is 10.1 Å². The summed E-state index contributed by atoms with van der Waals surface area (Å²) in [7, 11) is -3.46. The van der Waals surface area contributed by atoms with Crippen molar-refractivity contribution in [3.8, 4) is 11.5 Å². The van der Waals surface area contributed by atoms with Crippen molar-refractivity contribution in [3.05, 3.63) is 23.8 Å². The molecule has 6 heteroatoms. The first-order valence-corrected chi connectivity index (χ1v) is 6.55. The molecule has 0 aromatic heterocycles. The topological polar surface area (TPSA) is 61.8 Å². The van der Waals surface area contributed by atoms with Crippen LogP contribution >= 0.6 is 0 Å². The standard InChI is InChI=1S/C10H12O5S/c1-7(15-16(2,11)12)8-3-4-9-10(5-8)14-6-13-9/h3-5,7H,6H2,1-2H3. The van der Waals surface area contributed by atoms with Crippen LogP contribution in [0.25, 0.3) is 0 Å². The molecule has 88 valence electrons. The summed E-state index contributed by atoms with van der Waals surface area (Å²) in [6.07, 6.45) is 0.487. The van der Waals surface area contributed by atoms with Crippen LogP contribution in [0.4, 0.5) is 0 Å². The lowest BCUT2D eigenvalue weighted by atomic mass is 10.1. The molecule has 2 rings (SSSR count). The quantitative estimate of drug-likeness (QED) is 0.753. The third kappa shape index (κ3) is 2.45. The molecule has 16 heavy (non-hydrogen) atoms. The average molecular weight is 244 g/mol. The molecular formula is C10H12O5S. The van der Waals surface area contributed by atoms with Gasteiger partial charge in [-0.1, -0.05) is 6.07 Å². The zero-order valence-electron chi connectivity index (χ0n) is 8.97. The molecule has 0 radical (unpaired) electrons. The van der Waals surface area contributed by atoms with Gasteiger partial charge < -0.3 is 9.47 Å². The van der Waals surface area contributed by atoms with E-state index in [0.29, 0.717) is 11.5 Å². The Morgan fingerprint density at radius 2 is 2.00 bits per heavy atom. The molecule has 0 fully saturated rings. The maximum atomic E-state index is 11.0. The highest BCUT2D eigenvalue weighted by Gasteiger charge is 2.18. The zero-order valence-corrected chi connectivity index (χ0v) is 9.78. The lowest BCUT2D eigenvalue weighted by molar-refractivity contribution is 0.173. The third-order valence-corrected chi connectivity index (χ3v) is 2.82. The molecule has 0 bridgehead atoms. The highest BCUT2D eigenvalue weighted by atomic mass is 32.2. The van der Waals surface area contributed by atoms with Crippen molar-refractivity contribution in [2.24, 2.45) is 0 Å². The van der Waals surface area contributed by atoms with Gasteiger partial charge in [0.15, 0.2) is 11.5 Å². The molecule has 1 heterocycles. The van der Waals surface area contributed by atoms with Crippen LogP contribution in [0, 0.1) is 0 Å². The second kappa shape index (κ2) is 3.95. The van der Waals surface area contributed by atoms with E-state index in [1.807, 2.05) is 0 Å². The number of hydrogen-bond acceptors (Lipinski definition) is 5. The van der Waals surface area contributed by atoms with E-state index in [1.54, 1.807) is 25.1 Å². The summed E-state index contributed by atoms with van der Waals surface area (Å²) in [4.78, 5) is 0. The maximum absolute atomic E-state index is 11.0. The van der Waals surface area contributed by atoms with Crippen molar-refractivity contribution in [2.45, 2.75) is 13.0 Å². The van der Waals surface area contributed by atoms with E-state index in [9.17, 15) is 8.42 Å². The molecule has 0 aliphatic carbocycles. The van der Waals surface area contributed by atoms with Crippen LogP contribution in [0.3, 0.4) is 0 Å². The fourth-order valence-corrected chi connectivity index (χ4v) is 2.12. The second-order valence-electron chi connectivity index (χ2n) is 3.56. The van der Waals surface area contributed by atoms with E-state index in [-0.39, 0.29) is 6.79 Å². The van der Waals surface area contributed by atoms with Gasteiger partial charge in [0.05, 0.1) is 12.4 Å². The average Bonchev–Trinajstić information content (AvgIpc) is 2.61. The molecule has 0 saturated heterocycles. The van der Waals surface area contributed by atoms with Gasteiger partial charge in [0, 0.05) is 0 Å². The fourth-order valence-electron chi connectivity index (χ4n) is 1.48. The van der Waals surface area contributed by atoms with E-state index in [1.165, 1.54) is 0 Å². The van der Waals surface area contributed by atoms with E-state index in [4.69, 9.17) is 13.7 Å². The smallest absolute Gasteiger partial charge is 0.264 e. The van der Waals surface area contributed by atoms with Crippen LogP contribution in [0.1, 0.15) is 18.6 Å². The number of ether oxygens (including phenoxy) is 2. The lowest BCUT2D eigenvalue weighted by Crippen LogP contribution is -2.07. The van der Waals surface area contributed by atoms with Crippen LogP contribution in [0.15, 0.2) is 18.2 Å². The second-order valence-corrected chi connectivity index (χ2v) is 5.16. The Morgan fingerprint density at radius 3 is 2.69 bits per heavy atom. The molecule has 1 unspecified atom stereocenters. The third-order valence-electron chi connectivity index (χ3n) is 2.19. The Kier molecular flexibility index (Phi) is 2.77. The van der Waals surface area contributed by atoms with Gasteiger partial charge in [-0.2, -0.15) is 8.42 Å². The lowest BCUT2D eigenvalue weighted by Gasteiger charge is -2.11. The summed E-state index contributed by atoms with van der Waals surface area (Å²) < 4.78 is 37.1. The van der Waals surface area contributed by atoms with Crippen LogP contribution in [-0.4, -0.2) is 21.5 Å². The minimum Gasteiger partial charge on any atom is -0.454 e. The molecular weight excluding hydrogens is 232 g/mol. The number of hydrogen-bond donors (Lipinski definition) is 0. The Hall–Kier alpha value is -1.27. The Balaban J connectivity index is 2.21. The van der Waals surface area contributed by atoms with Gasteiger partial charge in [0.2, 0.25) is 6.79 Å². The summed E-state index contributed by atoms with van der Waals surface area (Å²) in [6.45, 7) is 1.86. The SMILES string of the molecule is CC(OS(C)(=O)=O)c1ccc2c(c1)OCO2. The van der Waals surface area contributed by atoms with Crippen LogP contribution in [0.2, 0.25) is 0 Å². The van der Waals surface area contributed by atoms with Gasteiger partial charge >= 0.3 is 0 Å². The normalized spacial score (nSPS) is 16.1. The highest BCUT2D eigenvalue weighted by Crippen LogP contribution is 2.34. The van der Waals surface area contributed by atoms with Crippen molar-refractivity contribution in [2.75, 3.05) is 13.0 Å². The first-order chi connectivity index (χ1) is 7.46. The summed E-state index contributed by atoms with van der Waals surface area (Å²) in [5.41, 5.74) is 0.731. The Labute approximate surface area is 94.1 Å². The predicted octanol–water partition coefficient (Wildman–Crippen LogP) is 1.45. The maximum Gasteiger partial charge on any atom is 0.264 e. The fraction of sp³-hybridized carbons (Fsp3) is 0.400. The van der Waals surface area contributed by atoms with E-state index >= 15 is 0 Å². The van der Waals surface area contributed by atoms with Crippen molar-refractivity contribution < 1.29 is 22.1 Å². The molecule has 1 aromatic carbocycles. The molecule has 1 aliphatic heterocycles. The molecule has 5 nitrogen and oxygen atoms in total. The van der Waals surface area contributed by atoms with Gasteiger partial charge in [0.1, 0.15) is 0 Å². The summed E-state index contributed by atoms with van der Waals surface area (Å²) in [5.74, 6) is 1.27. The minimum atomic E-state index is -3.46. The van der Waals surface area contributed by atoms with E-state index < -0.39 is 16.2 Å². The zero-order chi connectivity index (χ0) is 11.8. The monoisotopic (exact) mass is 244 g/mol. The molecule has 0 spiro atoms. The Morgan fingerprint density at radius 1 is 1.31 bits per heavy atom. The summed E-state index contributed by atoms with van der Waals surface area (Å²) in [6, 6.07) is 5.21. The number of rotatable bonds is 3. The summed E-state index contributed by atoms with van der Waals surface area (Å²) >= 11 is 0. The van der Waals surface area contributed by atoms with Crippen molar-refractivity contribution in [3.63, 3.8) is 0 Å². The van der Waals surface area contributed by atoms with Crippen molar-refractivity contribution >= 4 is 10.1 Å². The van der Waals surface area contributed by atoms with Gasteiger partial charge in [-0.05, 0) is 24.6 Å². The molecule has 1 aromatic rings. The number of benzene rings is 1. The van der Waals surface area contributed by atoms with E-state index in [2.05, 4.69) is 0 Å². The van der Waals surface area contributed by atoms with Crippen LogP contribution in [0.5, 0.6) is 11.5 Å². The van der Waals surface area contributed by atoms with E-state index in [0.717, 1.165) is 11.8 Å². The van der Waals surface area contributed by atoms with Crippen LogP contribution in [-0.2, 0) is 14.3 Å². The molecule has 1 aliphatic rings. The van der Waals surface area contributed by atoms with Gasteiger partial charge in [-0.3, -0.25) is 4.18 Å². The van der Waals surface area contributed by atoms with Gasteiger partial charge in [-0.25, -0.2) is 0 Å². The first-order valence-electron chi connectivity index (χ1n) is 4.73. The number of fused-ring (bicyclic) bond motifs is 1. The predicted molar refractivity (Wildman–Crippen MR) is 56.9 cm³/mol. The molecule has 1 atom stereocenters. The van der Waals surface area contributed by atoms with Crippen molar-refractivity contribution in [1.82, 2.24) is 0 Å². The first kappa shape index (κ1) is 11.2. The molecule has 0 saturated carbocycles. The molecule has 0 N–H and O–H groups in total. The van der Waals surface area contributed by atoms with Crippen molar-refractivity contribution in [1.29, 1.82) is 0 Å². The van der Waals surface area contributed by atoms with Crippen LogP contribution < -0.4 is 9.47 Å². The van der Waals surface area contributed by atoms with Gasteiger partial charge in [-0.15, -0.1) is 0 Å². The summed E-state index contributed by atoms with van der Waals surface area (Å²) in [5, 5.41) is 0.